The van der Waals surface area contributed by atoms with E-state index in [1.165, 1.54) is 11.1 Å². The van der Waals surface area contributed by atoms with Crippen molar-refractivity contribution in [3.05, 3.63) is 17.8 Å². The van der Waals surface area contributed by atoms with Crippen molar-refractivity contribution in [1.29, 1.82) is 0 Å². The third-order valence-corrected chi connectivity index (χ3v) is 2.63. The average Bonchev–Trinajstić information content (AvgIpc) is 2.84. The van der Waals surface area contributed by atoms with Gasteiger partial charge in [0.1, 0.15) is 6.04 Å². The number of hydrogen-bond acceptors (Lipinski definition) is 4. The number of carbonyl (C=O) groups is 2. The van der Waals surface area contributed by atoms with Crippen molar-refractivity contribution in [2.45, 2.75) is 25.8 Å². The highest BCUT2D eigenvalue weighted by Gasteiger charge is 2.35. The molecule has 1 aliphatic rings. The molecule has 0 radical (unpaired) electrons. The standard InChI is InChI=1S/C10H12N2O4/c1-6-11-5-8(16-6)9(13)12-4-2-3-7(12)10(14)15/h5,7H,2-4H2,1H3,(H,14,15)/t7-/m0/s1. The van der Waals surface area contributed by atoms with Crippen LogP contribution in [0, 0.1) is 6.92 Å². The van der Waals surface area contributed by atoms with Crippen molar-refractivity contribution in [3.8, 4) is 0 Å². The van der Waals surface area contributed by atoms with E-state index in [2.05, 4.69) is 4.98 Å². The third-order valence-electron chi connectivity index (χ3n) is 2.63. The molecule has 0 bridgehead atoms. The lowest BCUT2D eigenvalue weighted by Crippen LogP contribution is -2.40. The molecule has 1 aromatic rings. The quantitative estimate of drug-likeness (QED) is 0.798. The Hall–Kier alpha value is -1.85. The Morgan fingerprint density at radius 2 is 2.38 bits per heavy atom. The molecule has 1 atom stereocenters. The smallest absolute Gasteiger partial charge is 0.326 e. The van der Waals surface area contributed by atoms with E-state index in [-0.39, 0.29) is 5.76 Å². The zero-order valence-electron chi connectivity index (χ0n) is 8.84. The number of oxazole rings is 1. The number of carboxylic acid groups (broad SMARTS) is 1. The maximum absolute atomic E-state index is 11.9. The fourth-order valence-electron chi connectivity index (χ4n) is 1.87. The van der Waals surface area contributed by atoms with Crippen molar-refractivity contribution in [2.24, 2.45) is 0 Å². The molecule has 1 N–H and O–H groups in total. The van der Waals surface area contributed by atoms with Gasteiger partial charge in [0, 0.05) is 13.5 Å². The molecule has 6 nitrogen and oxygen atoms in total. The van der Waals surface area contributed by atoms with E-state index in [0.29, 0.717) is 25.3 Å². The van der Waals surface area contributed by atoms with Gasteiger partial charge in [0.05, 0.1) is 6.20 Å². The first-order chi connectivity index (χ1) is 7.59. The molecular formula is C10H12N2O4. The lowest BCUT2D eigenvalue weighted by atomic mass is 10.2. The molecule has 1 aliphatic heterocycles. The van der Waals surface area contributed by atoms with Gasteiger partial charge >= 0.3 is 5.97 Å². The molecule has 1 amide bonds. The summed E-state index contributed by atoms with van der Waals surface area (Å²) >= 11 is 0. The summed E-state index contributed by atoms with van der Waals surface area (Å²) in [6.07, 6.45) is 2.53. The Bertz CT molecular complexity index is 426. The Balaban J connectivity index is 2.18. The molecule has 0 spiro atoms. The molecule has 1 fully saturated rings. The first-order valence-corrected chi connectivity index (χ1v) is 5.06. The van der Waals surface area contributed by atoms with E-state index < -0.39 is 17.9 Å². The molecule has 1 aromatic heterocycles. The van der Waals surface area contributed by atoms with E-state index in [9.17, 15) is 9.59 Å². The Labute approximate surface area is 91.9 Å². The molecule has 0 unspecified atom stereocenters. The topological polar surface area (TPSA) is 83.6 Å². The van der Waals surface area contributed by atoms with Gasteiger partial charge in [-0.25, -0.2) is 9.78 Å². The van der Waals surface area contributed by atoms with Crippen LogP contribution in [0.15, 0.2) is 10.6 Å². The largest absolute Gasteiger partial charge is 0.480 e. The number of hydrogen-bond donors (Lipinski definition) is 1. The molecule has 0 aromatic carbocycles. The fraction of sp³-hybridized carbons (Fsp3) is 0.500. The van der Waals surface area contributed by atoms with Crippen LogP contribution in [0.25, 0.3) is 0 Å². The Kier molecular flexibility index (Phi) is 2.64. The molecular weight excluding hydrogens is 212 g/mol. The first-order valence-electron chi connectivity index (χ1n) is 5.06. The number of aliphatic carboxylic acids is 1. The second kappa shape index (κ2) is 3.96. The fourth-order valence-corrected chi connectivity index (χ4v) is 1.87. The minimum Gasteiger partial charge on any atom is -0.480 e. The first kappa shape index (κ1) is 10.7. The SMILES string of the molecule is Cc1ncc(C(=O)N2CCC[C@H]2C(=O)O)o1. The number of carboxylic acids is 1. The third kappa shape index (κ3) is 1.78. The van der Waals surface area contributed by atoms with Crippen molar-refractivity contribution < 1.29 is 19.1 Å². The maximum atomic E-state index is 11.9. The van der Waals surface area contributed by atoms with Crippen LogP contribution >= 0.6 is 0 Å². The van der Waals surface area contributed by atoms with Crippen LogP contribution in [0.1, 0.15) is 29.3 Å². The summed E-state index contributed by atoms with van der Waals surface area (Å²) in [4.78, 5) is 28.0. The molecule has 16 heavy (non-hydrogen) atoms. The molecule has 86 valence electrons. The van der Waals surface area contributed by atoms with E-state index in [1.54, 1.807) is 6.92 Å². The highest BCUT2D eigenvalue weighted by Crippen LogP contribution is 2.20. The summed E-state index contributed by atoms with van der Waals surface area (Å²) in [7, 11) is 0. The van der Waals surface area contributed by atoms with Crippen LogP contribution in [0.3, 0.4) is 0 Å². The molecule has 2 rings (SSSR count). The number of nitrogens with zero attached hydrogens (tertiary/aromatic N) is 2. The minimum atomic E-state index is -0.970. The van der Waals surface area contributed by atoms with E-state index >= 15 is 0 Å². The Morgan fingerprint density at radius 1 is 1.62 bits per heavy atom. The Morgan fingerprint density at radius 3 is 2.94 bits per heavy atom. The molecule has 2 heterocycles. The molecule has 6 heteroatoms. The second-order valence-corrected chi connectivity index (χ2v) is 3.74. The van der Waals surface area contributed by atoms with Crippen molar-refractivity contribution in [2.75, 3.05) is 6.54 Å². The van der Waals surface area contributed by atoms with Crippen molar-refractivity contribution in [3.63, 3.8) is 0 Å². The van der Waals surface area contributed by atoms with Crippen LogP contribution in [-0.4, -0.2) is 39.5 Å². The number of likely N-dealkylation sites (tertiary alicyclic amines) is 1. The highest BCUT2D eigenvalue weighted by atomic mass is 16.4. The number of aryl methyl sites for hydroxylation is 1. The van der Waals surface area contributed by atoms with E-state index in [1.807, 2.05) is 0 Å². The normalized spacial score (nSPS) is 20.1. The van der Waals surface area contributed by atoms with Gasteiger partial charge in [0.25, 0.3) is 5.91 Å². The lowest BCUT2D eigenvalue weighted by Gasteiger charge is -2.19. The average molecular weight is 224 g/mol. The van der Waals surface area contributed by atoms with Gasteiger partial charge in [-0.1, -0.05) is 0 Å². The zero-order valence-corrected chi connectivity index (χ0v) is 8.84. The number of aromatic nitrogens is 1. The molecule has 1 saturated heterocycles. The number of rotatable bonds is 2. The van der Waals surface area contributed by atoms with Gasteiger partial charge in [-0.15, -0.1) is 0 Å². The predicted octanol–water partition coefficient (Wildman–Crippen LogP) is 0.672. The maximum Gasteiger partial charge on any atom is 0.326 e. The van der Waals surface area contributed by atoms with Crippen LogP contribution < -0.4 is 0 Å². The highest BCUT2D eigenvalue weighted by molar-refractivity contribution is 5.94. The summed E-state index contributed by atoms with van der Waals surface area (Å²) in [5.74, 6) is -0.868. The van der Waals surface area contributed by atoms with Crippen molar-refractivity contribution >= 4 is 11.9 Å². The van der Waals surface area contributed by atoms with Crippen LogP contribution in [0.2, 0.25) is 0 Å². The van der Waals surface area contributed by atoms with Crippen LogP contribution in [-0.2, 0) is 4.79 Å². The van der Waals surface area contributed by atoms with Crippen LogP contribution in [0.4, 0.5) is 0 Å². The number of carbonyl (C=O) groups excluding carboxylic acids is 1. The molecule has 0 saturated carbocycles. The summed E-state index contributed by atoms with van der Waals surface area (Å²) < 4.78 is 5.09. The van der Waals surface area contributed by atoms with Crippen molar-refractivity contribution in [1.82, 2.24) is 9.88 Å². The van der Waals surface area contributed by atoms with Gasteiger partial charge in [-0.05, 0) is 12.8 Å². The lowest BCUT2D eigenvalue weighted by molar-refractivity contribution is -0.141. The van der Waals surface area contributed by atoms with E-state index in [4.69, 9.17) is 9.52 Å². The number of amides is 1. The summed E-state index contributed by atoms with van der Waals surface area (Å²) in [5, 5.41) is 8.94. The second-order valence-electron chi connectivity index (χ2n) is 3.74. The van der Waals surface area contributed by atoms with Gasteiger partial charge in [-0.2, -0.15) is 0 Å². The van der Waals surface area contributed by atoms with Gasteiger partial charge < -0.3 is 14.4 Å². The molecule has 0 aliphatic carbocycles. The summed E-state index contributed by atoms with van der Waals surface area (Å²) in [6.45, 7) is 2.09. The predicted molar refractivity (Wildman–Crippen MR) is 52.9 cm³/mol. The summed E-state index contributed by atoms with van der Waals surface area (Å²) in [5.41, 5.74) is 0. The van der Waals surface area contributed by atoms with Crippen LogP contribution in [0.5, 0.6) is 0 Å². The minimum absolute atomic E-state index is 0.102. The monoisotopic (exact) mass is 224 g/mol. The summed E-state index contributed by atoms with van der Waals surface area (Å²) in [6, 6.07) is -0.738. The van der Waals surface area contributed by atoms with E-state index in [0.717, 1.165) is 0 Å². The van der Waals surface area contributed by atoms with Gasteiger partial charge in [0.2, 0.25) is 5.76 Å². The van der Waals surface area contributed by atoms with Gasteiger partial charge in [-0.3, -0.25) is 4.79 Å². The van der Waals surface area contributed by atoms with Gasteiger partial charge in [0.15, 0.2) is 5.89 Å². The zero-order chi connectivity index (χ0) is 11.7.